The zero-order valence-corrected chi connectivity index (χ0v) is 11.9. The van der Waals surface area contributed by atoms with Crippen molar-refractivity contribution in [3.8, 4) is 0 Å². The van der Waals surface area contributed by atoms with Crippen LogP contribution in [0.4, 0.5) is 0 Å². The Bertz CT molecular complexity index is 449. The monoisotopic (exact) mass is 280 g/mol. The number of nitrogens with zero attached hydrogens (tertiary/aromatic N) is 3. The van der Waals surface area contributed by atoms with Crippen LogP contribution in [-0.2, 0) is 6.54 Å². The fourth-order valence-corrected chi connectivity index (χ4v) is 3.36. The molecule has 2 fully saturated rings. The summed E-state index contributed by atoms with van der Waals surface area (Å²) in [5.74, 6) is 0.0595. The SMILES string of the molecule is NCc1nc(C(=O)N2CCN(C3CCC3)CC2)cs1. The van der Waals surface area contributed by atoms with E-state index >= 15 is 0 Å². The van der Waals surface area contributed by atoms with E-state index in [1.165, 1.54) is 30.6 Å². The molecule has 2 N–H and O–H groups in total. The maximum absolute atomic E-state index is 12.3. The fraction of sp³-hybridized carbons (Fsp3) is 0.692. The molecule has 1 aliphatic carbocycles. The van der Waals surface area contributed by atoms with Gasteiger partial charge in [0, 0.05) is 44.1 Å². The summed E-state index contributed by atoms with van der Waals surface area (Å²) in [6.07, 6.45) is 4.03. The second kappa shape index (κ2) is 5.56. The molecular weight excluding hydrogens is 260 g/mol. The van der Waals surface area contributed by atoms with Crippen LogP contribution in [0.1, 0.15) is 34.8 Å². The summed E-state index contributed by atoms with van der Waals surface area (Å²) >= 11 is 1.47. The van der Waals surface area contributed by atoms with Crippen molar-refractivity contribution in [1.82, 2.24) is 14.8 Å². The molecule has 0 radical (unpaired) electrons. The highest BCUT2D eigenvalue weighted by atomic mass is 32.1. The van der Waals surface area contributed by atoms with Crippen molar-refractivity contribution in [2.75, 3.05) is 26.2 Å². The first kappa shape index (κ1) is 13.0. The number of thiazole rings is 1. The Hall–Kier alpha value is -0.980. The standard InChI is InChI=1S/C13H20N4OS/c14-8-12-15-11(9-19-12)13(18)17-6-4-16(5-7-17)10-2-1-3-10/h9-10H,1-8,14H2. The van der Waals surface area contributed by atoms with Crippen molar-refractivity contribution in [2.45, 2.75) is 31.8 Å². The van der Waals surface area contributed by atoms with E-state index in [2.05, 4.69) is 9.88 Å². The van der Waals surface area contributed by atoms with Gasteiger partial charge in [-0.25, -0.2) is 4.98 Å². The molecule has 2 aliphatic rings. The molecule has 1 saturated carbocycles. The minimum Gasteiger partial charge on any atom is -0.335 e. The van der Waals surface area contributed by atoms with Crippen LogP contribution in [0.25, 0.3) is 0 Å². The number of carbonyl (C=O) groups excluding carboxylic acids is 1. The molecule has 0 unspecified atom stereocenters. The predicted octanol–water partition coefficient (Wildman–Crippen LogP) is 0.912. The van der Waals surface area contributed by atoms with Gasteiger partial charge in [0.15, 0.2) is 0 Å². The van der Waals surface area contributed by atoms with Crippen LogP contribution in [0, 0.1) is 0 Å². The van der Waals surface area contributed by atoms with Crippen molar-refractivity contribution in [1.29, 1.82) is 0 Å². The highest BCUT2D eigenvalue weighted by molar-refractivity contribution is 7.09. The lowest BCUT2D eigenvalue weighted by Crippen LogP contribution is -2.53. The zero-order chi connectivity index (χ0) is 13.2. The van der Waals surface area contributed by atoms with E-state index in [0.717, 1.165) is 37.2 Å². The number of hydrogen-bond donors (Lipinski definition) is 1. The first-order chi connectivity index (χ1) is 9.28. The number of aromatic nitrogens is 1. The molecule has 1 saturated heterocycles. The van der Waals surface area contributed by atoms with Crippen LogP contribution in [0.5, 0.6) is 0 Å². The lowest BCUT2D eigenvalue weighted by molar-refractivity contribution is 0.0451. The van der Waals surface area contributed by atoms with Gasteiger partial charge in [0.2, 0.25) is 0 Å². The summed E-state index contributed by atoms with van der Waals surface area (Å²) in [6, 6.07) is 0.778. The number of rotatable bonds is 3. The Labute approximate surface area is 117 Å². The molecule has 0 atom stereocenters. The van der Waals surface area contributed by atoms with Crippen LogP contribution in [0.3, 0.4) is 0 Å². The largest absolute Gasteiger partial charge is 0.335 e. The molecule has 104 valence electrons. The van der Waals surface area contributed by atoms with Crippen molar-refractivity contribution < 1.29 is 4.79 Å². The molecule has 0 spiro atoms. The van der Waals surface area contributed by atoms with Gasteiger partial charge in [0.25, 0.3) is 5.91 Å². The summed E-state index contributed by atoms with van der Waals surface area (Å²) in [6.45, 7) is 4.07. The third-order valence-corrected chi connectivity index (χ3v) is 5.01. The molecule has 19 heavy (non-hydrogen) atoms. The average molecular weight is 280 g/mol. The van der Waals surface area contributed by atoms with Gasteiger partial charge in [-0.2, -0.15) is 0 Å². The Morgan fingerprint density at radius 2 is 2.11 bits per heavy atom. The number of nitrogens with two attached hydrogens (primary N) is 1. The van der Waals surface area contributed by atoms with Crippen molar-refractivity contribution in [3.63, 3.8) is 0 Å². The van der Waals surface area contributed by atoms with Gasteiger partial charge in [-0.3, -0.25) is 9.69 Å². The molecule has 5 nitrogen and oxygen atoms in total. The third-order valence-electron chi connectivity index (χ3n) is 4.14. The highest BCUT2D eigenvalue weighted by Crippen LogP contribution is 2.25. The van der Waals surface area contributed by atoms with Crippen LogP contribution in [0.2, 0.25) is 0 Å². The molecule has 0 bridgehead atoms. The number of piperazine rings is 1. The van der Waals surface area contributed by atoms with E-state index in [0.29, 0.717) is 12.2 Å². The molecule has 1 amide bonds. The predicted molar refractivity (Wildman–Crippen MR) is 75.1 cm³/mol. The molecule has 3 rings (SSSR count). The van der Waals surface area contributed by atoms with Gasteiger partial charge in [0.05, 0.1) is 0 Å². The fourth-order valence-electron chi connectivity index (χ4n) is 2.71. The van der Waals surface area contributed by atoms with E-state index < -0.39 is 0 Å². The Morgan fingerprint density at radius 3 is 2.63 bits per heavy atom. The topological polar surface area (TPSA) is 62.5 Å². The Morgan fingerprint density at radius 1 is 1.37 bits per heavy atom. The van der Waals surface area contributed by atoms with E-state index in [4.69, 9.17) is 5.73 Å². The molecular formula is C13H20N4OS. The third kappa shape index (κ3) is 2.66. The second-order valence-electron chi connectivity index (χ2n) is 5.24. The highest BCUT2D eigenvalue weighted by Gasteiger charge is 2.30. The summed E-state index contributed by atoms with van der Waals surface area (Å²) < 4.78 is 0. The number of carbonyl (C=O) groups is 1. The summed E-state index contributed by atoms with van der Waals surface area (Å²) in [7, 11) is 0. The van der Waals surface area contributed by atoms with Crippen LogP contribution in [0.15, 0.2) is 5.38 Å². The summed E-state index contributed by atoms with van der Waals surface area (Å²) in [4.78, 5) is 21.0. The summed E-state index contributed by atoms with van der Waals surface area (Å²) in [5.41, 5.74) is 6.09. The normalized spacial score (nSPS) is 21.4. The smallest absolute Gasteiger partial charge is 0.273 e. The summed E-state index contributed by atoms with van der Waals surface area (Å²) in [5, 5.41) is 2.65. The lowest BCUT2D eigenvalue weighted by Gasteiger charge is -2.42. The van der Waals surface area contributed by atoms with Crippen molar-refractivity contribution in [3.05, 3.63) is 16.1 Å². The number of hydrogen-bond acceptors (Lipinski definition) is 5. The van der Waals surface area contributed by atoms with Crippen molar-refractivity contribution in [2.24, 2.45) is 5.73 Å². The van der Waals surface area contributed by atoms with E-state index in [-0.39, 0.29) is 5.91 Å². The minimum absolute atomic E-state index is 0.0595. The van der Waals surface area contributed by atoms with Gasteiger partial charge in [-0.05, 0) is 12.8 Å². The van der Waals surface area contributed by atoms with E-state index in [9.17, 15) is 4.79 Å². The molecule has 1 aromatic rings. The Kier molecular flexibility index (Phi) is 3.81. The van der Waals surface area contributed by atoms with Crippen LogP contribution in [-0.4, -0.2) is 52.9 Å². The van der Waals surface area contributed by atoms with Gasteiger partial charge >= 0.3 is 0 Å². The molecule has 2 heterocycles. The van der Waals surface area contributed by atoms with Gasteiger partial charge < -0.3 is 10.6 Å². The second-order valence-corrected chi connectivity index (χ2v) is 6.19. The van der Waals surface area contributed by atoms with Gasteiger partial charge in [-0.1, -0.05) is 6.42 Å². The van der Waals surface area contributed by atoms with Gasteiger partial charge in [0.1, 0.15) is 10.7 Å². The molecule has 1 aromatic heterocycles. The van der Waals surface area contributed by atoms with Crippen LogP contribution >= 0.6 is 11.3 Å². The van der Waals surface area contributed by atoms with E-state index in [1.807, 2.05) is 10.3 Å². The molecule has 1 aliphatic heterocycles. The maximum atomic E-state index is 12.3. The zero-order valence-electron chi connectivity index (χ0n) is 11.0. The Balaban J connectivity index is 1.56. The maximum Gasteiger partial charge on any atom is 0.273 e. The van der Waals surface area contributed by atoms with Crippen LogP contribution < -0.4 is 5.73 Å². The van der Waals surface area contributed by atoms with Gasteiger partial charge in [-0.15, -0.1) is 11.3 Å². The quantitative estimate of drug-likeness (QED) is 0.894. The lowest BCUT2D eigenvalue weighted by atomic mass is 9.91. The van der Waals surface area contributed by atoms with E-state index in [1.54, 1.807) is 0 Å². The average Bonchev–Trinajstić information content (AvgIpc) is 2.85. The number of amides is 1. The van der Waals surface area contributed by atoms with Crippen molar-refractivity contribution >= 4 is 17.2 Å². The minimum atomic E-state index is 0.0595. The first-order valence-corrected chi connectivity index (χ1v) is 7.83. The molecule has 0 aromatic carbocycles. The first-order valence-electron chi connectivity index (χ1n) is 6.95. The molecule has 6 heteroatoms.